The first-order valence-corrected chi connectivity index (χ1v) is 33.2. The number of hydrogen-bond acceptors (Lipinski definition) is 7. The van der Waals surface area contributed by atoms with Crippen molar-refractivity contribution in [3.63, 3.8) is 0 Å². The zero-order valence-corrected chi connectivity index (χ0v) is 51.1. The first-order chi connectivity index (χ1) is 37.0. The Kier molecular flexibility index (Phi) is 55.2. The lowest BCUT2D eigenvalue weighted by atomic mass is 10.0. The van der Waals surface area contributed by atoms with Gasteiger partial charge in [-0.15, -0.1) is 0 Å². The topological polar surface area (TPSA) is 108 Å². The molecule has 0 saturated heterocycles. The Hall–Kier alpha value is -2.55. The SMILES string of the molecule is CC/C=C\C/C=C\C/C=C\C/C=C\C/C=C\CCCCCC(=O)OC(COC(=O)CCCCCCCCCCCCCCCCCCCCCCC/C=C\CCCCCCCCCC)COP(=O)(O)OCC[N+](C)(C)C. The summed E-state index contributed by atoms with van der Waals surface area (Å²) in [6.07, 6.45) is 75.8. The Morgan fingerprint density at radius 2 is 0.750 bits per heavy atom. The minimum Gasteiger partial charge on any atom is -0.462 e. The number of unbranched alkanes of at least 4 members (excludes halogenated alkanes) is 32. The van der Waals surface area contributed by atoms with Crippen LogP contribution in [0, 0.1) is 0 Å². The van der Waals surface area contributed by atoms with Gasteiger partial charge in [0.1, 0.15) is 19.8 Å². The van der Waals surface area contributed by atoms with Gasteiger partial charge in [0.15, 0.2) is 6.10 Å². The largest absolute Gasteiger partial charge is 0.472 e. The van der Waals surface area contributed by atoms with Crippen LogP contribution in [0.3, 0.4) is 0 Å². The zero-order valence-electron chi connectivity index (χ0n) is 50.2. The average Bonchev–Trinajstić information content (AvgIpc) is 3.38. The van der Waals surface area contributed by atoms with Crippen LogP contribution in [-0.2, 0) is 32.7 Å². The van der Waals surface area contributed by atoms with Gasteiger partial charge in [-0.1, -0.05) is 260 Å². The van der Waals surface area contributed by atoms with Gasteiger partial charge in [0.05, 0.1) is 27.7 Å². The number of quaternary nitrogens is 1. The summed E-state index contributed by atoms with van der Waals surface area (Å²) < 4.78 is 34.6. The molecule has 0 radical (unpaired) electrons. The van der Waals surface area contributed by atoms with Crippen molar-refractivity contribution in [2.45, 2.75) is 290 Å². The van der Waals surface area contributed by atoms with Crippen molar-refractivity contribution in [1.82, 2.24) is 0 Å². The molecule has 0 rings (SSSR count). The number of hydrogen-bond donors (Lipinski definition) is 1. The molecule has 0 aromatic rings. The van der Waals surface area contributed by atoms with Crippen molar-refractivity contribution in [2.24, 2.45) is 0 Å². The second kappa shape index (κ2) is 57.1. The highest BCUT2D eigenvalue weighted by Crippen LogP contribution is 2.43. The number of phosphoric ester groups is 1. The fraction of sp³-hybridized carbons (Fsp3) is 0.788. The van der Waals surface area contributed by atoms with E-state index in [0.717, 1.165) is 70.6 Å². The van der Waals surface area contributed by atoms with Crippen molar-refractivity contribution in [1.29, 1.82) is 0 Å². The van der Waals surface area contributed by atoms with E-state index in [1.807, 2.05) is 21.1 Å². The monoisotopic (exact) mass is 1090 g/mol. The third kappa shape index (κ3) is 60.7. The summed E-state index contributed by atoms with van der Waals surface area (Å²) in [6.45, 7) is 4.30. The van der Waals surface area contributed by atoms with E-state index >= 15 is 0 Å². The third-order valence-electron chi connectivity index (χ3n) is 13.7. The van der Waals surface area contributed by atoms with Gasteiger partial charge in [0, 0.05) is 12.8 Å². The van der Waals surface area contributed by atoms with Crippen LogP contribution in [0.4, 0.5) is 0 Å². The number of carbonyl (C=O) groups is 2. The molecule has 0 bridgehead atoms. The van der Waals surface area contributed by atoms with Crippen molar-refractivity contribution >= 4 is 19.8 Å². The van der Waals surface area contributed by atoms with E-state index in [2.05, 4.69) is 86.8 Å². The maximum atomic E-state index is 12.8. The van der Waals surface area contributed by atoms with Gasteiger partial charge in [0.25, 0.3) is 0 Å². The maximum Gasteiger partial charge on any atom is 0.472 e. The van der Waals surface area contributed by atoms with Crippen molar-refractivity contribution < 1.29 is 42.1 Å². The smallest absolute Gasteiger partial charge is 0.462 e. The Morgan fingerprint density at radius 3 is 1.14 bits per heavy atom. The number of likely N-dealkylation sites (N-methyl/N-ethyl adjacent to an activating group) is 1. The van der Waals surface area contributed by atoms with Gasteiger partial charge in [-0.3, -0.25) is 18.6 Å². The molecule has 2 unspecified atom stereocenters. The average molecular weight is 1090 g/mol. The molecule has 0 heterocycles. The standard InChI is InChI=1S/C66H120NO8P/c1-6-8-10-12-14-16-18-20-22-24-26-27-28-29-30-31-32-33-34-35-36-37-38-39-41-42-44-46-48-50-52-54-56-58-65(68)72-62-64(63-74-76(70,71)73-61-60-67(3,4)5)75-66(69)59-57-55-53-51-49-47-45-43-40-25-23-21-19-17-15-13-11-9-7-2/h9,11,15,17,21,23-24,26,40,43,47,49,64H,6-8,10,12-14,16,18-20,22,25,27-39,41-42,44-46,48,50-63H2,1-5H3/p+1/b11-9-,17-15-,23-21-,26-24-,43-40-,49-47-. The summed E-state index contributed by atoms with van der Waals surface area (Å²) in [4.78, 5) is 35.7. The lowest BCUT2D eigenvalue weighted by Crippen LogP contribution is -2.37. The van der Waals surface area contributed by atoms with Gasteiger partial charge < -0.3 is 18.9 Å². The third-order valence-corrected chi connectivity index (χ3v) is 14.7. The summed E-state index contributed by atoms with van der Waals surface area (Å²) in [5.74, 6) is -0.829. The van der Waals surface area contributed by atoms with Crippen LogP contribution in [-0.4, -0.2) is 74.9 Å². The number of ether oxygens (including phenoxy) is 2. The molecular weight excluding hydrogens is 966 g/mol. The molecule has 0 aliphatic heterocycles. The molecule has 442 valence electrons. The van der Waals surface area contributed by atoms with Gasteiger partial charge >= 0.3 is 19.8 Å². The molecule has 0 amide bonds. The van der Waals surface area contributed by atoms with Crippen LogP contribution in [0.2, 0.25) is 0 Å². The highest BCUT2D eigenvalue weighted by Gasteiger charge is 2.27. The van der Waals surface area contributed by atoms with E-state index in [4.69, 9.17) is 18.5 Å². The lowest BCUT2D eigenvalue weighted by molar-refractivity contribution is -0.870. The quantitative estimate of drug-likeness (QED) is 0.0211. The van der Waals surface area contributed by atoms with Crippen molar-refractivity contribution in [3.8, 4) is 0 Å². The minimum absolute atomic E-state index is 0.0230. The molecule has 10 heteroatoms. The number of rotatable bonds is 58. The van der Waals surface area contributed by atoms with Crippen LogP contribution in [0.25, 0.3) is 0 Å². The van der Waals surface area contributed by atoms with E-state index in [1.165, 1.54) is 180 Å². The van der Waals surface area contributed by atoms with Crippen molar-refractivity contribution in [2.75, 3.05) is 47.5 Å². The second-order valence-electron chi connectivity index (χ2n) is 22.4. The van der Waals surface area contributed by atoms with E-state index in [0.29, 0.717) is 17.4 Å². The van der Waals surface area contributed by atoms with E-state index < -0.39 is 26.5 Å². The summed E-state index contributed by atoms with van der Waals surface area (Å²) in [5.41, 5.74) is 0. The van der Waals surface area contributed by atoms with E-state index in [9.17, 15) is 19.0 Å². The normalized spacial score (nSPS) is 13.7. The van der Waals surface area contributed by atoms with Crippen molar-refractivity contribution in [3.05, 3.63) is 72.9 Å². The predicted octanol–water partition coefficient (Wildman–Crippen LogP) is 20.0. The Morgan fingerprint density at radius 1 is 0.421 bits per heavy atom. The highest BCUT2D eigenvalue weighted by molar-refractivity contribution is 7.47. The predicted molar refractivity (Wildman–Crippen MR) is 326 cm³/mol. The molecule has 9 nitrogen and oxygen atoms in total. The van der Waals surface area contributed by atoms with Gasteiger partial charge in [0.2, 0.25) is 0 Å². The molecule has 0 spiro atoms. The lowest BCUT2D eigenvalue weighted by Gasteiger charge is -2.24. The summed E-state index contributed by atoms with van der Waals surface area (Å²) >= 11 is 0. The molecule has 2 atom stereocenters. The number of phosphoric acid groups is 1. The number of nitrogens with zero attached hydrogens (tertiary/aromatic N) is 1. The number of esters is 2. The molecule has 76 heavy (non-hydrogen) atoms. The minimum atomic E-state index is -4.40. The van der Waals surface area contributed by atoms with Crippen LogP contribution in [0.5, 0.6) is 0 Å². The van der Waals surface area contributed by atoms with Crippen LogP contribution in [0.1, 0.15) is 284 Å². The Labute approximate surface area is 469 Å². The first-order valence-electron chi connectivity index (χ1n) is 31.7. The second-order valence-corrected chi connectivity index (χ2v) is 23.9. The van der Waals surface area contributed by atoms with Crippen LogP contribution < -0.4 is 0 Å². The van der Waals surface area contributed by atoms with E-state index in [1.54, 1.807) is 0 Å². The Balaban J connectivity index is 4.04. The first kappa shape index (κ1) is 73.5. The summed E-state index contributed by atoms with van der Waals surface area (Å²) in [7, 11) is 1.45. The fourth-order valence-electron chi connectivity index (χ4n) is 8.86. The molecule has 0 aliphatic rings. The maximum absolute atomic E-state index is 12.8. The molecule has 0 saturated carbocycles. The molecule has 0 aromatic carbocycles. The van der Waals surface area contributed by atoms with Crippen LogP contribution in [0.15, 0.2) is 72.9 Å². The van der Waals surface area contributed by atoms with Gasteiger partial charge in [-0.2, -0.15) is 0 Å². The molecule has 0 fully saturated rings. The van der Waals surface area contributed by atoms with Crippen LogP contribution >= 0.6 is 7.82 Å². The summed E-state index contributed by atoms with van der Waals surface area (Å²) in [6, 6.07) is 0. The van der Waals surface area contributed by atoms with E-state index in [-0.39, 0.29) is 32.0 Å². The van der Waals surface area contributed by atoms with Gasteiger partial charge in [-0.25, -0.2) is 4.57 Å². The molecule has 1 N–H and O–H groups in total. The zero-order chi connectivity index (χ0) is 55.6. The summed E-state index contributed by atoms with van der Waals surface area (Å²) in [5, 5.41) is 0. The molecular formula is C66H121NO8P+. The highest BCUT2D eigenvalue weighted by atomic mass is 31.2. The molecule has 0 aliphatic carbocycles. The van der Waals surface area contributed by atoms with Gasteiger partial charge in [-0.05, 0) is 83.5 Å². The number of allylic oxidation sites excluding steroid dienone is 12. The Bertz CT molecular complexity index is 1510. The fourth-order valence-corrected chi connectivity index (χ4v) is 9.60. The number of carbonyl (C=O) groups excluding carboxylic acids is 2. The molecule has 0 aromatic heterocycles.